The highest BCUT2D eigenvalue weighted by atomic mass is 32.2. The molecule has 1 aromatic heterocycles. The van der Waals surface area contributed by atoms with Crippen molar-refractivity contribution in [2.75, 3.05) is 11.5 Å². The van der Waals surface area contributed by atoms with Gasteiger partial charge in [0.25, 0.3) is 5.91 Å². The number of hydrogen-bond donors (Lipinski definition) is 0. The number of benzene rings is 2. The molecule has 32 heavy (non-hydrogen) atoms. The number of sulfone groups is 1. The molecule has 2 aromatic carbocycles. The Balaban J connectivity index is 1.61. The maximum absolute atomic E-state index is 13.1. The molecule has 1 atom stereocenters. The quantitative estimate of drug-likeness (QED) is 0.546. The molecule has 1 aliphatic heterocycles. The van der Waals surface area contributed by atoms with E-state index in [2.05, 4.69) is 0 Å². The molecule has 5 nitrogen and oxygen atoms in total. The van der Waals surface area contributed by atoms with Crippen molar-refractivity contribution in [1.82, 2.24) is 4.90 Å². The zero-order chi connectivity index (χ0) is 22.9. The Bertz CT molecular complexity index is 1220. The standard InChI is InChI=1S/C23H20F3NO4S/c24-23(25,26)18-8-4-7-17(13-18)21-10-9-20(31-21)14-27(19-11-12-32(29,30)15-19)22(28)16-5-2-1-3-6-16/h1-10,13,19H,11-12,14-15H2. The van der Waals surface area contributed by atoms with E-state index in [-0.39, 0.29) is 35.3 Å². The summed E-state index contributed by atoms with van der Waals surface area (Å²) in [6.45, 7) is 0.00682. The van der Waals surface area contributed by atoms with E-state index in [1.165, 1.54) is 17.0 Å². The zero-order valence-corrected chi connectivity index (χ0v) is 17.7. The van der Waals surface area contributed by atoms with Gasteiger partial charge in [0.15, 0.2) is 9.84 Å². The molecule has 1 amide bonds. The van der Waals surface area contributed by atoms with E-state index in [0.717, 1.165) is 12.1 Å². The van der Waals surface area contributed by atoms with Gasteiger partial charge in [-0.05, 0) is 42.8 Å². The van der Waals surface area contributed by atoms with E-state index >= 15 is 0 Å². The van der Waals surface area contributed by atoms with Crippen molar-refractivity contribution in [3.8, 4) is 11.3 Å². The summed E-state index contributed by atoms with van der Waals surface area (Å²) >= 11 is 0. The average molecular weight is 463 g/mol. The zero-order valence-electron chi connectivity index (χ0n) is 16.9. The topological polar surface area (TPSA) is 67.6 Å². The lowest BCUT2D eigenvalue weighted by molar-refractivity contribution is -0.137. The number of rotatable bonds is 5. The summed E-state index contributed by atoms with van der Waals surface area (Å²) in [4.78, 5) is 14.6. The van der Waals surface area contributed by atoms with Gasteiger partial charge >= 0.3 is 6.18 Å². The van der Waals surface area contributed by atoms with Gasteiger partial charge in [0, 0.05) is 17.2 Å². The van der Waals surface area contributed by atoms with Crippen LogP contribution in [0.25, 0.3) is 11.3 Å². The van der Waals surface area contributed by atoms with Crippen LogP contribution in [0.1, 0.15) is 28.1 Å². The van der Waals surface area contributed by atoms with Crippen molar-refractivity contribution >= 4 is 15.7 Å². The molecule has 3 aromatic rings. The van der Waals surface area contributed by atoms with Gasteiger partial charge in [0.2, 0.25) is 0 Å². The van der Waals surface area contributed by atoms with Gasteiger partial charge in [-0.25, -0.2) is 8.42 Å². The van der Waals surface area contributed by atoms with E-state index in [1.54, 1.807) is 42.5 Å². The molecule has 1 unspecified atom stereocenters. The van der Waals surface area contributed by atoms with Gasteiger partial charge in [-0.15, -0.1) is 0 Å². The number of halogens is 3. The molecule has 1 aliphatic rings. The van der Waals surface area contributed by atoms with Crippen LogP contribution in [0.15, 0.2) is 71.1 Å². The fourth-order valence-corrected chi connectivity index (χ4v) is 5.50. The summed E-state index contributed by atoms with van der Waals surface area (Å²) in [6, 6.07) is 15.9. The van der Waals surface area contributed by atoms with Crippen LogP contribution >= 0.6 is 0 Å². The summed E-state index contributed by atoms with van der Waals surface area (Å²) in [5.74, 6) is 0.129. The molecular weight excluding hydrogens is 443 g/mol. The normalized spacial score (nSPS) is 17.9. The smallest absolute Gasteiger partial charge is 0.416 e. The first-order valence-corrected chi connectivity index (χ1v) is 11.8. The first kappa shape index (κ1) is 22.1. The van der Waals surface area contributed by atoms with Crippen LogP contribution in [-0.2, 0) is 22.6 Å². The first-order chi connectivity index (χ1) is 15.1. The van der Waals surface area contributed by atoms with E-state index in [4.69, 9.17) is 4.42 Å². The number of nitrogens with zero attached hydrogens (tertiary/aromatic N) is 1. The summed E-state index contributed by atoms with van der Waals surface area (Å²) in [5.41, 5.74) is -0.109. The summed E-state index contributed by atoms with van der Waals surface area (Å²) < 4.78 is 68.8. The van der Waals surface area contributed by atoms with E-state index in [0.29, 0.717) is 17.7 Å². The maximum Gasteiger partial charge on any atom is 0.416 e. The van der Waals surface area contributed by atoms with Gasteiger partial charge in [-0.3, -0.25) is 4.79 Å². The van der Waals surface area contributed by atoms with E-state index in [9.17, 15) is 26.4 Å². The van der Waals surface area contributed by atoms with Crippen molar-refractivity contribution in [2.24, 2.45) is 0 Å². The predicted molar refractivity (Wildman–Crippen MR) is 113 cm³/mol. The van der Waals surface area contributed by atoms with Gasteiger partial charge in [0.05, 0.1) is 23.6 Å². The second-order valence-corrected chi connectivity index (χ2v) is 9.93. The summed E-state index contributed by atoms with van der Waals surface area (Å²) in [7, 11) is -3.24. The van der Waals surface area contributed by atoms with Crippen LogP contribution in [-0.4, -0.2) is 36.8 Å². The van der Waals surface area contributed by atoms with E-state index < -0.39 is 27.6 Å². The minimum Gasteiger partial charge on any atom is -0.459 e. The second kappa shape index (κ2) is 8.46. The van der Waals surface area contributed by atoms with E-state index in [1.807, 2.05) is 0 Å². The minimum absolute atomic E-state index is 0.00384. The van der Waals surface area contributed by atoms with Gasteiger partial charge in [0.1, 0.15) is 11.5 Å². The molecule has 0 aliphatic carbocycles. The van der Waals surface area contributed by atoms with Crippen LogP contribution < -0.4 is 0 Å². The molecule has 9 heteroatoms. The van der Waals surface area contributed by atoms with Gasteiger partial charge in [-0.1, -0.05) is 30.3 Å². The molecule has 2 heterocycles. The number of carbonyl (C=O) groups is 1. The molecule has 0 bridgehead atoms. The second-order valence-electron chi connectivity index (χ2n) is 7.70. The van der Waals surface area contributed by atoms with Crippen molar-refractivity contribution in [2.45, 2.75) is 25.2 Å². The number of carbonyl (C=O) groups excluding carboxylic acids is 1. The Morgan fingerprint density at radius 2 is 1.78 bits per heavy atom. The molecular formula is C23H20F3NO4S. The number of alkyl halides is 3. The monoisotopic (exact) mass is 463 g/mol. The molecule has 0 spiro atoms. The number of hydrogen-bond acceptors (Lipinski definition) is 4. The van der Waals surface area contributed by atoms with Crippen LogP contribution in [0.4, 0.5) is 13.2 Å². The molecule has 4 rings (SSSR count). The highest BCUT2D eigenvalue weighted by Crippen LogP contribution is 2.33. The molecule has 0 N–H and O–H groups in total. The molecule has 0 saturated carbocycles. The third kappa shape index (κ3) is 4.88. The fraction of sp³-hybridized carbons (Fsp3) is 0.261. The fourth-order valence-electron chi connectivity index (χ4n) is 3.77. The van der Waals surface area contributed by atoms with Crippen LogP contribution in [0.2, 0.25) is 0 Å². The number of furan rings is 1. The third-order valence-electron chi connectivity index (χ3n) is 5.39. The Morgan fingerprint density at radius 1 is 1.03 bits per heavy atom. The van der Waals surface area contributed by atoms with Crippen molar-refractivity contribution in [3.05, 3.63) is 83.6 Å². The summed E-state index contributed by atoms with van der Waals surface area (Å²) in [6.07, 6.45) is -4.15. The average Bonchev–Trinajstić information content (AvgIpc) is 3.38. The lowest BCUT2D eigenvalue weighted by Gasteiger charge is -2.27. The highest BCUT2D eigenvalue weighted by Gasteiger charge is 2.35. The maximum atomic E-state index is 13.1. The first-order valence-electron chi connectivity index (χ1n) is 9.95. The van der Waals surface area contributed by atoms with Crippen LogP contribution in [0.5, 0.6) is 0 Å². The highest BCUT2D eigenvalue weighted by molar-refractivity contribution is 7.91. The van der Waals surface area contributed by atoms with Gasteiger partial charge in [-0.2, -0.15) is 13.2 Å². The third-order valence-corrected chi connectivity index (χ3v) is 7.14. The molecule has 168 valence electrons. The Morgan fingerprint density at radius 3 is 2.44 bits per heavy atom. The molecule has 0 radical (unpaired) electrons. The largest absolute Gasteiger partial charge is 0.459 e. The van der Waals surface area contributed by atoms with Crippen LogP contribution in [0, 0.1) is 0 Å². The van der Waals surface area contributed by atoms with Crippen molar-refractivity contribution in [3.63, 3.8) is 0 Å². The SMILES string of the molecule is O=C(c1ccccc1)N(Cc1ccc(-c2cccc(C(F)(F)F)c2)o1)C1CCS(=O)(=O)C1. The predicted octanol–water partition coefficient (Wildman–Crippen LogP) is 4.79. The molecule has 1 fully saturated rings. The Kier molecular flexibility index (Phi) is 5.85. The van der Waals surface area contributed by atoms with Crippen molar-refractivity contribution < 1.29 is 30.8 Å². The number of amides is 1. The summed E-state index contributed by atoms with van der Waals surface area (Å²) in [5, 5.41) is 0. The Labute approximate surface area is 183 Å². The van der Waals surface area contributed by atoms with Crippen LogP contribution in [0.3, 0.4) is 0 Å². The lowest BCUT2D eigenvalue weighted by Crippen LogP contribution is -2.40. The molecule has 1 saturated heterocycles. The van der Waals surface area contributed by atoms with Crippen molar-refractivity contribution in [1.29, 1.82) is 0 Å². The Hall–Kier alpha value is -3.07. The van der Waals surface area contributed by atoms with Gasteiger partial charge < -0.3 is 9.32 Å². The minimum atomic E-state index is -4.47. The lowest BCUT2D eigenvalue weighted by atomic mass is 10.1.